The minimum Gasteiger partial charge on any atom is -0.324 e. The van der Waals surface area contributed by atoms with Crippen LogP contribution in [0.3, 0.4) is 0 Å². The van der Waals surface area contributed by atoms with Crippen LogP contribution in [-0.4, -0.2) is 42.6 Å². The number of amides is 3. The van der Waals surface area contributed by atoms with Crippen molar-refractivity contribution in [3.8, 4) is 0 Å². The van der Waals surface area contributed by atoms with Gasteiger partial charge in [0.2, 0.25) is 27.7 Å². The summed E-state index contributed by atoms with van der Waals surface area (Å²) >= 11 is 0. The zero-order valence-electron chi connectivity index (χ0n) is 19.8. The summed E-state index contributed by atoms with van der Waals surface area (Å²) in [5, 5.41) is 2.73. The molecular weight excluding hydrogens is 442 g/mol. The number of allylic oxidation sites excluding steroid dienone is 2. The second-order valence-electron chi connectivity index (χ2n) is 10.2. The molecular formula is C24H33N3O5S. The number of rotatable bonds is 7. The number of carbonyl (C=O) groups is 3. The predicted octanol–water partition coefficient (Wildman–Crippen LogP) is 3.07. The number of likely N-dealkylation sites (tertiary alicyclic amines) is 1. The van der Waals surface area contributed by atoms with Crippen LogP contribution < -0.4 is 10.0 Å². The molecule has 3 rings (SSSR count). The summed E-state index contributed by atoms with van der Waals surface area (Å²) in [5.41, 5.74) is -0.383. The molecule has 2 N–H and O–H groups in total. The Bertz CT molecular complexity index is 1050. The molecule has 33 heavy (non-hydrogen) atoms. The van der Waals surface area contributed by atoms with E-state index in [1.807, 2.05) is 26.0 Å². The van der Waals surface area contributed by atoms with E-state index in [9.17, 15) is 22.8 Å². The third-order valence-corrected chi connectivity index (χ3v) is 7.46. The summed E-state index contributed by atoms with van der Waals surface area (Å²) in [5.74, 6) is -1.88. The number of nitrogens with one attached hydrogen (secondary N) is 2. The molecule has 0 spiro atoms. The second kappa shape index (κ2) is 9.38. The quantitative estimate of drug-likeness (QED) is 0.465. The molecule has 0 saturated carbocycles. The van der Waals surface area contributed by atoms with Crippen molar-refractivity contribution in [3.63, 3.8) is 0 Å². The number of hydrogen-bond acceptors (Lipinski definition) is 5. The predicted molar refractivity (Wildman–Crippen MR) is 126 cm³/mol. The highest BCUT2D eigenvalue weighted by molar-refractivity contribution is 7.89. The highest BCUT2D eigenvalue weighted by Crippen LogP contribution is 2.37. The summed E-state index contributed by atoms with van der Waals surface area (Å²) in [6.07, 6.45) is 5.14. The van der Waals surface area contributed by atoms with Crippen molar-refractivity contribution in [1.82, 2.24) is 9.62 Å². The number of carbonyl (C=O) groups excluding carboxylic acids is 3. The molecule has 0 bridgehead atoms. The Morgan fingerprint density at radius 1 is 1.09 bits per heavy atom. The molecule has 0 radical (unpaired) electrons. The Kier molecular flexibility index (Phi) is 7.14. The Labute approximate surface area is 195 Å². The molecule has 3 unspecified atom stereocenters. The van der Waals surface area contributed by atoms with Crippen LogP contribution in [0.15, 0.2) is 41.3 Å². The monoisotopic (exact) mass is 475 g/mol. The molecule has 3 amide bonds. The van der Waals surface area contributed by atoms with Gasteiger partial charge in [-0.15, -0.1) is 0 Å². The fourth-order valence-electron chi connectivity index (χ4n) is 4.34. The number of hydrogen-bond donors (Lipinski definition) is 2. The van der Waals surface area contributed by atoms with Gasteiger partial charge in [0.25, 0.3) is 0 Å². The van der Waals surface area contributed by atoms with E-state index in [2.05, 4.69) is 10.0 Å². The van der Waals surface area contributed by atoms with E-state index in [-0.39, 0.29) is 28.3 Å². The fraction of sp³-hybridized carbons (Fsp3) is 0.542. The highest BCUT2D eigenvalue weighted by Gasteiger charge is 2.51. The first-order valence-electron chi connectivity index (χ1n) is 11.3. The van der Waals surface area contributed by atoms with Gasteiger partial charge in [0.15, 0.2) is 0 Å². The second-order valence-corrected chi connectivity index (χ2v) is 11.9. The SMILES string of the molecule is CC(C)CC(C(=O)Nc1cccc(S(=O)(=O)NC(C)(C)C)c1)N1C(=O)C2CC=CCC2C1=O. The van der Waals surface area contributed by atoms with Crippen molar-refractivity contribution >= 4 is 33.4 Å². The van der Waals surface area contributed by atoms with Crippen molar-refractivity contribution in [2.24, 2.45) is 17.8 Å². The molecule has 1 heterocycles. The average Bonchev–Trinajstić information content (AvgIpc) is 2.95. The van der Waals surface area contributed by atoms with Gasteiger partial charge in [-0.3, -0.25) is 19.3 Å². The molecule has 1 aromatic carbocycles. The standard InChI is InChI=1S/C24H33N3O5S/c1-15(2)13-20(27-22(29)18-11-6-7-12-19(18)23(27)30)21(28)25-16-9-8-10-17(14-16)33(31,32)26-24(3,4)5/h6-10,14-15,18-20,26H,11-13H2,1-5H3,(H,25,28). The van der Waals surface area contributed by atoms with Crippen LogP contribution in [0.2, 0.25) is 0 Å². The molecule has 8 nitrogen and oxygen atoms in total. The van der Waals surface area contributed by atoms with Gasteiger partial charge in [0.1, 0.15) is 6.04 Å². The van der Waals surface area contributed by atoms with Crippen molar-refractivity contribution in [1.29, 1.82) is 0 Å². The summed E-state index contributed by atoms with van der Waals surface area (Å²) < 4.78 is 27.9. The van der Waals surface area contributed by atoms with Gasteiger partial charge >= 0.3 is 0 Å². The zero-order valence-corrected chi connectivity index (χ0v) is 20.6. The van der Waals surface area contributed by atoms with E-state index in [0.717, 1.165) is 4.90 Å². The van der Waals surface area contributed by atoms with Gasteiger partial charge in [-0.1, -0.05) is 32.1 Å². The minimum atomic E-state index is -3.79. The van der Waals surface area contributed by atoms with Crippen LogP contribution in [0.25, 0.3) is 0 Å². The Morgan fingerprint density at radius 2 is 1.67 bits per heavy atom. The van der Waals surface area contributed by atoms with E-state index >= 15 is 0 Å². The van der Waals surface area contributed by atoms with E-state index in [0.29, 0.717) is 19.3 Å². The number of sulfonamides is 1. The molecule has 1 saturated heterocycles. The van der Waals surface area contributed by atoms with Crippen molar-refractivity contribution in [2.45, 2.75) is 70.4 Å². The molecule has 3 atom stereocenters. The maximum atomic E-state index is 13.3. The Hall–Kier alpha value is -2.52. The topological polar surface area (TPSA) is 113 Å². The van der Waals surface area contributed by atoms with Crippen LogP contribution in [0, 0.1) is 17.8 Å². The van der Waals surface area contributed by atoms with E-state index in [1.165, 1.54) is 18.2 Å². The maximum Gasteiger partial charge on any atom is 0.247 e. The first-order chi connectivity index (χ1) is 15.3. The first-order valence-corrected chi connectivity index (χ1v) is 12.8. The summed E-state index contributed by atoms with van der Waals surface area (Å²) in [6.45, 7) is 9.06. The number of fused-ring (bicyclic) bond motifs is 1. The fourth-order valence-corrected chi connectivity index (χ4v) is 5.80. The highest BCUT2D eigenvalue weighted by atomic mass is 32.2. The average molecular weight is 476 g/mol. The summed E-state index contributed by atoms with van der Waals surface area (Å²) in [6, 6.07) is 4.98. The van der Waals surface area contributed by atoms with Crippen LogP contribution in [0.4, 0.5) is 5.69 Å². The van der Waals surface area contributed by atoms with Crippen LogP contribution >= 0.6 is 0 Å². The lowest BCUT2D eigenvalue weighted by molar-refractivity contribution is -0.147. The van der Waals surface area contributed by atoms with Gasteiger partial charge in [-0.25, -0.2) is 13.1 Å². The smallest absolute Gasteiger partial charge is 0.247 e. The van der Waals surface area contributed by atoms with E-state index < -0.39 is 39.3 Å². The Balaban J connectivity index is 1.85. The molecule has 1 fully saturated rings. The molecule has 1 aliphatic carbocycles. The molecule has 1 aromatic rings. The molecule has 0 aromatic heterocycles. The molecule has 2 aliphatic rings. The van der Waals surface area contributed by atoms with Gasteiger partial charge in [0.05, 0.1) is 16.7 Å². The van der Waals surface area contributed by atoms with Crippen LogP contribution in [-0.2, 0) is 24.4 Å². The van der Waals surface area contributed by atoms with Gasteiger partial charge in [0, 0.05) is 11.2 Å². The number of anilines is 1. The van der Waals surface area contributed by atoms with Crippen LogP contribution in [0.1, 0.15) is 53.9 Å². The molecule has 9 heteroatoms. The zero-order chi connectivity index (χ0) is 24.6. The van der Waals surface area contributed by atoms with E-state index in [4.69, 9.17) is 0 Å². The van der Waals surface area contributed by atoms with Gasteiger partial charge in [-0.2, -0.15) is 0 Å². The lowest BCUT2D eigenvalue weighted by atomic mass is 9.85. The minimum absolute atomic E-state index is 0.0149. The lowest BCUT2D eigenvalue weighted by Gasteiger charge is -2.27. The van der Waals surface area contributed by atoms with Gasteiger partial charge < -0.3 is 5.32 Å². The third-order valence-electron chi connectivity index (χ3n) is 5.70. The Morgan fingerprint density at radius 3 is 2.18 bits per heavy atom. The first kappa shape index (κ1) is 25.1. The number of nitrogens with zero attached hydrogens (tertiary/aromatic N) is 1. The van der Waals surface area contributed by atoms with Gasteiger partial charge in [-0.05, 0) is 64.2 Å². The number of imide groups is 1. The van der Waals surface area contributed by atoms with E-state index in [1.54, 1.807) is 26.8 Å². The largest absolute Gasteiger partial charge is 0.324 e. The third kappa shape index (κ3) is 5.70. The molecule has 180 valence electrons. The van der Waals surface area contributed by atoms with Crippen molar-refractivity contribution in [3.05, 3.63) is 36.4 Å². The normalized spacial score (nSPS) is 21.9. The van der Waals surface area contributed by atoms with Crippen molar-refractivity contribution < 1.29 is 22.8 Å². The maximum absolute atomic E-state index is 13.3. The van der Waals surface area contributed by atoms with Crippen LogP contribution in [0.5, 0.6) is 0 Å². The lowest BCUT2D eigenvalue weighted by Crippen LogP contribution is -2.48. The van der Waals surface area contributed by atoms with Crippen molar-refractivity contribution in [2.75, 3.05) is 5.32 Å². The number of benzene rings is 1. The summed E-state index contributed by atoms with van der Waals surface area (Å²) in [7, 11) is -3.79. The summed E-state index contributed by atoms with van der Waals surface area (Å²) in [4.78, 5) is 40.5. The molecule has 1 aliphatic heterocycles.